The highest BCUT2D eigenvalue weighted by molar-refractivity contribution is 8.00. The molecule has 1 atom stereocenters. The summed E-state index contributed by atoms with van der Waals surface area (Å²) < 4.78 is 5.24. The first-order valence-electron chi connectivity index (χ1n) is 10.2. The van der Waals surface area contributed by atoms with Crippen molar-refractivity contribution in [3.8, 4) is 0 Å². The average Bonchev–Trinajstić information content (AvgIpc) is 3.05. The SMILES string of the molecule is CCOC(=O)c1c(NC(=O)C(C)Sc2nc(C)c(CC)c(=O)[nH]2)sc2c1CCCC2. The average molecular weight is 450 g/mol. The van der Waals surface area contributed by atoms with Crippen molar-refractivity contribution < 1.29 is 14.3 Å². The van der Waals surface area contributed by atoms with E-state index in [1.165, 1.54) is 23.1 Å². The van der Waals surface area contributed by atoms with Gasteiger partial charge in [-0.1, -0.05) is 18.7 Å². The maximum absolute atomic E-state index is 12.9. The molecule has 1 aliphatic carbocycles. The Labute approximate surface area is 184 Å². The summed E-state index contributed by atoms with van der Waals surface area (Å²) in [5.74, 6) is -0.631. The number of fused-ring (bicyclic) bond motifs is 1. The summed E-state index contributed by atoms with van der Waals surface area (Å²) in [6.07, 6.45) is 4.47. The van der Waals surface area contributed by atoms with Crippen molar-refractivity contribution in [2.24, 2.45) is 0 Å². The largest absolute Gasteiger partial charge is 0.462 e. The van der Waals surface area contributed by atoms with E-state index in [4.69, 9.17) is 4.74 Å². The second-order valence-electron chi connectivity index (χ2n) is 7.17. The Morgan fingerprint density at radius 2 is 2.03 bits per heavy atom. The molecule has 2 aromatic rings. The van der Waals surface area contributed by atoms with Gasteiger partial charge in [0, 0.05) is 16.1 Å². The maximum atomic E-state index is 12.9. The standard InChI is InChI=1S/C21H27N3O4S2/c1-5-13-11(3)22-21(24-18(13)26)29-12(4)17(25)23-19-16(20(27)28-6-2)14-9-7-8-10-15(14)30-19/h12H,5-10H2,1-4H3,(H,23,25)(H,22,24,26). The van der Waals surface area contributed by atoms with Crippen molar-refractivity contribution in [2.75, 3.05) is 11.9 Å². The summed E-state index contributed by atoms with van der Waals surface area (Å²) in [7, 11) is 0. The van der Waals surface area contributed by atoms with Crippen LogP contribution < -0.4 is 10.9 Å². The summed E-state index contributed by atoms with van der Waals surface area (Å²) in [6, 6.07) is 0. The number of carbonyl (C=O) groups excluding carboxylic acids is 2. The molecule has 1 amide bonds. The first-order valence-corrected chi connectivity index (χ1v) is 11.9. The molecular formula is C21H27N3O4S2. The summed E-state index contributed by atoms with van der Waals surface area (Å²) in [5.41, 5.74) is 2.66. The number of aromatic amines is 1. The predicted octanol–water partition coefficient (Wildman–Crippen LogP) is 3.88. The molecule has 0 aromatic carbocycles. The first-order chi connectivity index (χ1) is 14.3. The predicted molar refractivity (Wildman–Crippen MR) is 120 cm³/mol. The van der Waals surface area contributed by atoms with Gasteiger partial charge in [-0.25, -0.2) is 9.78 Å². The minimum absolute atomic E-state index is 0.171. The summed E-state index contributed by atoms with van der Waals surface area (Å²) in [6.45, 7) is 7.51. The van der Waals surface area contributed by atoms with Crippen LogP contribution in [0.4, 0.5) is 5.00 Å². The fraction of sp³-hybridized carbons (Fsp3) is 0.524. The number of anilines is 1. The van der Waals surface area contributed by atoms with E-state index in [-0.39, 0.29) is 24.0 Å². The third-order valence-electron chi connectivity index (χ3n) is 5.10. The number of thioether (sulfide) groups is 1. The number of ether oxygens (including phenoxy) is 1. The van der Waals surface area contributed by atoms with Gasteiger partial charge in [-0.05, 0) is 58.4 Å². The zero-order chi connectivity index (χ0) is 21.8. The van der Waals surface area contributed by atoms with Crippen LogP contribution in [0.5, 0.6) is 0 Å². The van der Waals surface area contributed by atoms with Crippen molar-refractivity contribution in [1.82, 2.24) is 9.97 Å². The summed E-state index contributed by atoms with van der Waals surface area (Å²) >= 11 is 2.65. The number of esters is 1. The Morgan fingerprint density at radius 1 is 1.30 bits per heavy atom. The number of rotatable bonds is 7. The summed E-state index contributed by atoms with van der Waals surface area (Å²) in [4.78, 5) is 45.9. The second-order valence-corrected chi connectivity index (χ2v) is 9.61. The molecule has 30 heavy (non-hydrogen) atoms. The van der Waals surface area contributed by atoms with Crippen LogP contribution in [-0.2, 0) is 28.8 Å². The zero-order valence-electron chi connectivity index (χ0n) is 17.7. The number of thiophene rings is 1. The van der Waals surface area contributed by atoms with E-state index in [2.05, 4.69) is 15.3 Å². The first kappa shape index (κ1) is 22.6. The fourth-order valence-electron chi connectivity index (χ4n) is 3.56. The van der Waals surface area contributed by atoms with Crippen molar-refractivity contribution >= 4 is 40.0 Å². The van der Waals surface area contributed by atoms with E-state index in [1.54, 1.807) is 20.8 Å². The number of aryl methyl sites for hydroxylation is 2. The molecule has 7 nitrogen and oxygen atoms in total. The lowest BCUT2D eigenvalue weighted by Crippen LogP contribution is -2.24. The Bertz CT molecular complexity index is 1010. The van der Waals surface area contributed by atoms with Gasteiger partial charge in [-0.2, -0.15) is 0 Å². The van der Waals surface area contributed by atoms with Gasteiger partial charge in [0.2, 0.25) is 5.91 Å². The van der Waals surface area contributed by atoms with E-state index in [1.807, 2.05) is 6.92 Å². The van der Waals surface area contributed by atoms with Crippen LogP contribution in [0.3, 0.4) is 0 Å². The lowest BCUT2D eigenvalue weighted by molar-refractivity contribution is -0.115. The van der Waals surface area contributed by atoms with Gasteiger partial charge >= 0.3 is 5.97 Å². The van der Waals surface area contributed by atoms with E-state index < -0.39 is 5.25 Å². The number of H-pyrrole nitrogens is 1. The molecule has 2 aromatic heterocycles. The normalized spacial score (nSPS) is 14.1. The van der Waals surface area contributed by atoms with Crippen molar-refractivity contribution in [3.05, 3.63) is 37.6 Å². The Kier molecular flexibility index (Phi) is 7.36. The Morgan fingerprint density at radius 3 is 2.70 bits per heavy atom. The van der Waals surface area contributed by atoms with Crippen LogP contribution in [-0.4, -0.2) is 33.7 Å². The number of hydrogen-bond acceptors (Lipinski definition) is 7. The van der Waals surface area contributed by atoms with Gasteiger partial charge in [0.1, 0.15) is 5.00 Å². The van der Waals surface area contributed by atoms with Crippen molar-refractivity contribution in [3.63, 3.8) is 0 Å². The van der Waals surface area contributed by atoms with Crippen LogP contribution in [0.2, 0.25) is 0 Å². The molecule has 2 N–H and O–H groups in total. The summed E-state index contributed by atoms with van der Waals surface area (Å²) in [5, 5.41) is 3.37. The molecule has 0 radical (unpaired) electrons. The number of nitrogens with zero attached hydrogens (tertiary/aromatic N) is 1. The van der Waals surface area contributed by atoms with Gasteiger partial charge in [-0.3, -0.25) is 9.59 Å². The molecule has 0 fully saturated rings. The molecule has 9 heteroatoms. The molecule has 0 aliphatic heterocycles. The lowest BCUT2D eigenvalue weighted by atomic mass is 9.95. The third kappa shape index (κ3) is 4.78. The fourth-order valence-corrected chi connectivity index (χ4v) is 5.69. The monoisotopic (exact) mass is 449 g/mol. The molecule has 0 bridgehead atoms. The Balaban J connectivity index is 1.79. The quantitative estimate of drug-likeness (QED) is 0.378. The highest BCUT2D eigenvalue weighted by Crippen LogP contribution is 2.39. The van der Waals surface area contributed by atoms with Crippen LogP contribution in [0.15, 0.2) is 9.95 Å². The molecule has 162 valence electrons. The van der Waals surface area contributed by atoms with Crippen LogP contribution in [0, 0.1) is 6.92 Å². The van der Waals surface area contributed by atoms with E-state index in [9.17, 15) is 14.4 Å². The van der Waals surface area contributed by atoms with Crippen LogP contribution in [0.25, 0.3) is 0 Å². The second kappa shape index (κ2) is 9.78. The van der Waals surface area contributed by atoms with E-state index >= 15 is 0 Å². The number of nitrogens with one attached hydrogen (secondary N) is 2. The van der Waals surface area contributed by atoms with Gasteiger partial charge in [-0.15, -0.1) is 11.3 Å². The Hall–Kier alpha value is -2.13. The van der Waals surface area contributed by atoms with Gasteiger partial charge in [0.15, 0.2) is 5.16 Å². The maximum Gasteiger partial charge on any atom is 0.341 e. The highest BCUT2D eigenvalue weighted by atomic mass is 32.2. The number of amides is 1. The smallest absolute Gasteiger partial charge is 0.341 e. The minimum Gasteiger partial charge on any atom is -0.462 e. The minimum atomic E-state index is -0.505. The van der Waals surface area contributed by atoms with Gasteiger partial charge in [0.25, 0.3) is 5.56 Å². The molecule has 0 spiro atoms. The molecule has 0 saturated carbocycles. The van der Waals surface area contributed by atoms with E-state index in [0.717, 1.165) is 36.1 Å². The van der Waals surface area contributed by atoms with Crippen LogP contribution in [0.1, 0.15) is 65.7 Å². The van der Waals surface area contributed by atoms with Crippen molar-refractivity contribution in [1.29, 1.82) is 0 Å². The zero-order valence-corrected chi connectivity index (χ0v) is 19.3. The number of carbonyl (C=O) groups is 2. The van der Waals surface area contributed by atoms with E-state index in [0.29, 0.717) is 33.4 Å². The van der Waals surface area contributed by atoms with Gasteiger partial charge < -0.3 is 15.0 Å². The number of hydrogen-bond donors (Lipinski definition) is 2. The number of aromatic nitrogens is 2. The lowest BCUT2D eigenvalue weighted by Gasteiger charge is -2.13. The molecule has 0 saturated heterocycles. The topological polar surface area (TPSA) is 101 Å². The molecular weight excluding hydrogens is 422 g/mol. The molecule has 2 heterocycles. The highest BCUT2D eigenvalue weighted by Gasteiger charge is 2.28. The van der Waals surface area contributed by atoms with Crippen molar-refractivity contribution in [2.45, 2.75) is 70.2 Å². The molecule has 3 rings (SSSR count). The van der Waals surface area contributed by atoms with Gasteiger partial charge in [0.05, 0.1) is 17.4 Å². The third-order valence-corrected chi connectivity index (χ3v) is 7.29. The molecule has 1 aliphatic rings. The van der Waals surface area contributed by atoms with Crippen LogP contribution >= 0.6 is 23.1 Å². The molecule has 1 unspecified atom stereocenters.